The molecule has 3 heteroatoms. The molecule has 18 heavy (non-hydrogen) atoms. The molecular formula is C15H24N2O. The molecule has 0 unspecified atom stereocenters. The number of benzene rings is 1. The van der Waals surface area contributed by atoms with Crippen LogP contribution in [0.3, 0.4) is 0 Å². The first-order valence-electron chi connectivity index (χ1n) is 6.84. The van der Waals surface area contributed by atoms with E-state index in [-0.39, 0.29) is 0 Å². The van der Waals surface area contributed by atoms with Crippen LogP contribution >= 0.6 is 0 Å². The summed E-state index contributed by atoms with van der Waals surface area (Å²) in [4.78, 5) is 2.41. The quantitative estimate of drug-likeness (QED) is 0.861. The fourth-order valence-electron chi connectivity index (χ4n) is 2.57. The predicted octanol–water partition coefficient (Wildman–Crippen LogP) is 2.23. The van der Waals surface area contributed by atoms with Crippen molar-refractivity contribution >= 4 is 0 Å². The summed E-state index contributed by atoms with van der Waals surface area (Å²) in [6, 6.07) is 4.18. The summed E-state index contributed by atoms with van der Waals surface area (Å²) in [5.74, 6) is 0.939. The Morgan fingerprint density at radius 2 is 1.94 bits per heavy atom. The normalized spacial score (nSPS) is 17.3. The van der Waals surface area contributed by atoms with Crippen molar-refractivity contribution in [2.45, 2.75) is 33.2 Å². The summed E-state index contributed by atoms with van der Waals surface area (Å²) in [5.41, 5.74) is 3.37. The second kappa shape index (κ2) is 5.72. The van der Waals surface area contributed by atoms with Crippen molar-refractivity contribution in [2.24, 2.45) is 0 Å². The lowest BCUT2D eigenvalue weighted by molar-refractivity contribution is 0.229. The van der Waals surface area contributed by atoms with Crippen LogP contribution in [-0.2, 0) is 6.54 Å². The van der Waals surface area contributed by atoms with Gasteiger partial charge in [-0.3, -0.25) is 4.90 Å². The Kier molecular flexibility index (Phi) is 4.25. The molecule has 0 aliphatic carbocycles. The van der Waals surface area contributed by atoms with Crippen molar-refractivity contribution in [2.75, 3.05) is 26.2 Å². The van der Waals surface area contributed by atoms with Crippen molar-refractivity contribution in [1.29, 1.82) is 0 Å². The highest BCUT2D eigenvalue weighted by molar-refractivity contribution is 5.46. The number of nitrogens with zero attached hydrogens (tertiary/aromatic N) is 1. The van der Waals surface area contributed by atoms with E-state index in [0.29, 0.717) is 11.7 Å². The summed E-state index contributed by atoms with van der Waals surface area (Å²) in [6.07, 6.45) is 0. The van der Waals surface area contributed by atoms with E-state index in [0.717, 1.165) is 43.9 Å². The van der Waals surface area contributed by atoms with E-state index in [1.807, 2.05) is 13.0 Å². The Hall–Kier alpha value is -1.06. The third kappa shape index (κ3) is 2.85. The first kappa shape index (κ1) is 13.4. The monoisotopic (exact) mass is 248 g/mol. The molecule has 1 saturated heterocycles. The van der Waals surface area contributed by atoms with E-state index >= 15 is 0 Å². The summed E-state index contributed by atoms with van der Waals surface area (Å²) in [5, 5.41) is 13.7. The smallest absolute Gasteiger partial charge is 0.123 e. The maximum absolute atomic E-state index is 10.3. The Morgan fingerprint density at radius 1 is 1.28 bits per heavy atom. The molecule has 1 aliphatic heterocycles. The minimum Gasteiger partial charge on any atom is -0.507 e. The first-order valence-corrected chi connectivity index (χ1v) is 6.84. The largest absolute Gasteiger partial charge is 0.507 e. The Morgan fingerprint density at radius 3 is 2.56 bits per heavy atom. The van der Waals surface area contributed by atoms with Gasteiger partial charge < -0.3 is 10.4 Å². The number of phenols is 1. The van der Waals surface area contributed by atoms with Gasteiger partial charge in [0.25, 0.3) is 0 Å². The van der Waals surface area contributed by atoms with Crippen molar-refractivity contribution in [1.82, 2.24) is 10.2 Å². The maximum Gasteiger partial charge on any atom is 0.123 e. The molecule has 0 aromatic heterocycles. The van der Waals surface area contributed by atoms with Gasteiger partial charge in [-0.15, -0.1) is 0 Å². The van der Waals surface area contributed by atoms with Gasteiger partial charge in [0, 0.05) is 38.3 Å². The van der Waals surface area contributed by atoms with Gasteiger partial charge in [0.05, 0.1) is 0 Å². The van der Waals surface area contributed by atoms with Crippen LogP contribution in [0.15, 0.2) is 12.1 Å². The third-order valence-corrected chi connectivity index (χ3v) is 3.73. The van der Waals surface area contributed by atoms with Crippen molar-refractivity contribution in [3.05, 3.63) is 28.8 Å². The molecule has 1 heterocycles. The number of aromatic hydroxyl groups is 1. The Labute approximate surface area is 110 Å². The highest BCUT2D eigenvalue weighted by atomic mass is 16.3. The Balaban J connectivity index is 2.26. The minimum absolute atomic E-state index is 0.453. The topological polar surface area (TPSA) is 35.5 Å². The molecule has 0 atom stereocenters. The fraction of sp³-hybridized carbons (Fsp3) is 0.600. The minimum atomic E-state index is 0.453. The molecule has 0 spiro atoms. The SMILES string of the molecule is Cc1ccc(C(C)C)c(CN2CCNCC2)c1O. The third-order valence-electron chi connectivity index (χ3n) is 3.73. The van der Waals surface area contributed by atoms with Crippen molar-refractivity contribution < 1.29 is 5.11 Å². The summed E-state index contributed by atoms with van der Waals surface area (Å²) >= 11 is 0. The molecule has 0 saturated carbocycles. The second-order valence-electron chi connectivity index (χ2n) is 5.48. The van der Waals surface area contributed by atoms with Crippen LogP contribution in [0, 0.1) is 6.92 Å². The Bertz CT molecular complexity index is 409. The molecule has 2 N–H and O–H groups in total. The lowest BCUT2D eigenvalue weighted by Crippen LogP contribution is -2.43. The van der Waals surface area contributed by atoms with E-state index in [9.17, 15) is 5.11 Å². The fourth-order valence-corrected chi connectivity index (χ4v) is 2.57. The van der Waals surface area contributed by atoms with Crippen LogP contribution in [0.25, 0.3) is 0 Å². The molecule has 2 rings (SSSR count). The van der Waals surface area contributed by atoms with E-state index in [1.54, 1.807) is 0 Å². The second-order valence-corrected chi connectivity index (χ2v) is 5.48. The highest BCUT2D eigenvalue weighted by Crippen LogP contribution is 2.31. The molecule has 1 aliphatic rings. The van der Waals surface area contributed by atoms with Crippen LogP contribution in [0.1, 0.15) is 36.5 Å². The van der Waals surface area contributed by atoms with Gasteiger partial charge in [-0.1, -0.05) is 26.0 Å². The molecule has 1 aromatic rings. The van der Waals surface area contributed by atoms with Crippen LogP contribution in [-0.4, -0.2) is 36.2 Å². The van der Waals surface area contributed by atoms with Crippen molar-refractivity contribution in [3.63, 3.8) is 0 Å². The molecule has 1 aromatic carbocycles. The number of rotatable bonds is 3. The number of nitrogens with one attached hydrogen (secondary N) is 1. The number of piperazine rings is 1. The van der Waals surface area contributed by atoms with E-state index < -0.39 is 0 Å². The van der Waals surface area contributed by atoms with Gasteiger partial charge in [0.15, 0.2) is 0 Å². The van der Waals surface area contributed by atoms with E-state index in [1.165, 1.54) is 5.56 Å². The lowest BCUT2D eigenvalue weighted by Gasteiger charge is -2.29. The highest BCUT2D eigenvalue weighted by Gasteiger charge is 2.17. The van der Waals surface area contributed by atoms with Gasteiger partial charge in [-0.25, -0.2) is 0 Å². The molecule has 3 nitrogen and oxygen atoms in total. The molecule has 100 valence electrons. The average Bonchev–Trinajstić information content (AvgIpc) is 2.36. The number of aryl methyl sites for hydroxylation is 1. The summed E-state index contributed by atoms with van der Waals surface area (Å²) in [6.45, 7) is 11.4. The van der Waals surface area contributed by atoms with Gasteiger partial charge >= 0.3 is 0 Å². The molecule has 1 fully saturated rings. The molecule has 0 bridgehead atoms. The number of hydrogen-bond donors (Lipinski definition) is 2. The van der Waals surface area contributed by atoms with E-state index in [4.69, 9.17) is 0 Å². The zero-order valence-electron chi connectivity index (χ0n) is 11.7. The molecular weight excluding hydrogens is 224 g/mol. The number of phenolic OH excluding ortho intramolecular Hbond substituents is 1. The first-order chi connectivity index (χ1) is 8.59. The zero-order chi connectivity index (χ0) is 13.1. The molecule has 0 amide bonds. The van der Waals surface area contributed by atoms with E-state index in [2.05, 4.69) is 30.1 Å². The van der Waals surface area contributed by atoms with Crippen LogP contribution in [0.2, 0.25) is 0 Å². The van der Waals surface area contributed by atoms with Gasteiger partial charge in [0.2, 0.25) is 0 Å². The van der Waals surface area contributed by atoms with Crippen LogP contribution in [0.5, 0.6) is 5.75 Å². The maximum atomic E-state index is 10.3. The van der Waals surface area contributed by atoms with Gasteiger partial charge in [-0.2, -0.15) is 0 Å². The van der Waals surface area contributed by atoms with Crippen molar-refractivity contribution in [3.8, 4) is 5.75 Å². The standard InChI is InChI=1S/C15H24N2O/c1-11(2)13-5-4-12(3)15(18)14(13)10-17-8-6-16-7-9-17/h4-5,11,16,18H,6-10H2,1-3H3. The van der Waals surface area contributed by atoms with Crippen LogP contribution < -0.4 is 5.32 Å². The van der Waals surface area contributed by atoms with Gasteiger partial charge in [0.1, 0.15) is 5.75 Å². The van der Waals surface area contributed by atoms with Gasteiger partial charge in [-0.05, 0) is 24.0 Å². The molecule has 0 radical (unpaired) electrons. The van der Waals surface area contributed by atoms with Crippen LogP contribution in [0.4, 0.5) is 0 Å². The number of hydrogen-bond acceptors (Lipinski definition) is 3. The average molecular weight is 248 g/mol. The summed E-state index contributed by atoms with van der Waals surface area (Å²) < 4.78 is 0. The summed E-state index contributed by atoms with van der Waals surface area (Å²) in [7, 11) is 0. The zero-order valence-corrected chi connectivity index (χ0v) is 11.7. The lowest BCUT2D eigenvalue weighted by atomic mass is 9.94. The predicted molar refractivity (Wildman–Crippen MR) is 75.1 cm³/mol.